The molecule has 1 aliphatic carbocycles. The number of hydrogen-bond acceptors (Lipinski definition) is 6. The monoisotopic (exact) mass is 398 g/mol. The van der Waals surface area contributed by atoms with Gasteiger partial charge in [-0.15, -0.1) is 0 Å². The molecule has 1 spiro atoms. The van der Waals surface area contributed by atoms with Crippen LogP contribution in [-0.2, 0) is 9.53 Å². The van der Waals surface area contributed by atoms with Crippen molar-refractivity contribution in [3.63, 3.8) is 0 Å². The van der Waals surface area contributed by atoms with E-state index in [4.69, 9.17) is 4.74 Å². The minimum Gasteiger partial charge on any atom is -0.365 e. The third-order valence-corrected chi connectivity index (χ3v) is 6.85. The van der Waals surface area contributed by atoms with E-state index in [1.54, 1.807) is 29.4 Å². The van der Waals surface area contributed by atoms with Crippen LogP contribution in [0.4, 0.5) is 0 Å². The fourth-order valence-corrected chi connectivity index (χ4v) is 5.64. The second kappa shape index (κ2) is 6.24. The number of fused-ring (bicyclic) bond motifs is 1. The number of nitrogens with zero attached hydrogens (tertiary/aromatic N) is 4. The average Bonchev–Trinajstić information content (AvgIpc) is 3.34. The summed E-state index contributed by atoms with van der Waals surface area (Å²) in [6.07, 6.45) is 6.17. The Morgan fingerprint density at radius 3 is 2.72 bits per heavy atom. The topological polar surface area (TPSA) is 101 Å². The number of carbonyl (C=O) groups is 2. The molecule has 154 valence electrons. The van der Waals surface area contributed by atoms with Crippen molar-refractivity contribution in [3.8, 4) is 0 Å². The van der Waals surface area contributed by atoms with Crippen LogP contribution in [-0.4, -0.2) is 76.2 Å². The molecule has 0 atom stereocenters. The Kier molecular flexibility index (Phi) is 3.98. The van der Waals surface area contributed by atoms with E-state index in [1.165, 1.54) is 4.52 Å². The number of hydrogen-bond donors (Lipinski definition) is 2. The van der Waals surface area contributed by atoms with Crippen LogP contribution in [0, 0.1) is 5.41 Å². The summed E-state index contributed by atoms with van der Waals surface area (Å²) >= 11 is 0. The number of amides is 2. The van der Waals surface area contributed by atoms with Gasteiger partial charge in [-0.25, -0.2) is 9.50 Å². The van der Waals surface area contributed by atoms with Gasteiger partial charge in [-0.3, -0.25) is 9.59 Å². The molecular formula is C20H26N6O3. The maximum Gasteiger partial charge on any atom is 0.270 e. The molecule has 2 bridgehead atoms. The van der Waals surface area contributed by atoms with E-state index in [0.717, 1.165) is 25.9 Å². The van der Waals surface area contributed by atoms with E-state index in [1.807, 2.05) is 14.1 Å². The summed E-state index contributed by atoms with van der Waals surface area (Å²) in [6.45, 7) is 2.08. The van der Waals surface area contributed by atoms with Crippen LogP contribution in [0.15, 0.2) is 24.5 Å². The Hall–Kier alpha value is -2.52. The Bertz CT molecular complexity index is 972. The van der Waals surface area contributed by atoms with Gasteiger partial charge in [0.1, 0.15) is 5.69 Å². The Morgan fingerprint density at radius 2 is 2.00 bits per heavy atom. The zero-order valence-corrected chi connectivity index (χ0v) is 16.8. The van der Waals surface area contributed by atoms with Gasteiger partial charge < -0.3 is 20.3 Å². The van der Waals surface area contributed by atoms with Gasteiger partial charge in [0, 0.05) is 32.9 Å². The van der Waals surface area contributed by atoms with Crippen molar-refractivity contribution in [2.24, 2.45) is 5.41 Å². The summed E-state index contributed by atoms with van der Waals surface area (Å²) in [5, 5.41) is 10.6. The molecule has 29 heavy (non-hydrogen) atoms. The molecule has 9 heteroatoms. The van der Waals surface area contributed by atoms with E-state index in [-0.39, 0.29) is 11.8 Å². The van der Waals surface area contributed by atoms with E-state index < -0.39 is 16.6 Å². The van der Waals surface area contributed by atoms with Gasteiger partial charge in [0.25, 0.3) is 5.91 Å². The second-order valence-corrected chi connectivity index (χ2v) is 8.78. The zero-order valence-electron chi connectivity index (χ0n) is 16.8. The fraction of sp³-hybridized carbons (Fsp3) is 0.600. The largest absolute Gasteiger partial charge is 0.365 e. The number of piperidine rings is 1. The maximum atomic E-state index is 13.1. The lowest BCUT2D eigenvalue weighted by Crippen LogP contribution is -2.61. The highest BCUT2D eigenvalue weighted by Gasteiger charge is 2.77. The predicted molar refractivity (Wildman–Crippen MR) is 104 cm³/mol. The van der Waals surface area contributed by atoms with E-state index in [0.29, 0.717) is 30.7 Å². The molecule has 0 aromatic carbocycles. The molecule has 2 amide bonds. The van der Waals surface area contributed by atoms with Gasteiger partial charge in [0.2, 0.25) is 5.91 Å². The Labute approximate surface area is 168 Å². The molecule has 3 aliphatic heterocycles. The van der Waals surface area contributed by atoms with Gasteiger partial charge in [-0.2, -0.15) is 5.10 Å². The lowest BCUT2D eigenvalue weighted by Gasteiger charge is -2.49. The number of rotatable bonds is 4. The summed E-state index contributed by atoms with van der Waals surface area (Å²) in [4.78, 5) is 31.8. The third kappa shape index (κ3) is 2.53. The summed E-state index contributed by atoms with van der Waals surface area (Å²) in [5.41, 5.74) is -0.331. The SMILES string of the molecule is CN(C)C(=O)C12CC(CNC(=O)c3ccnc4ccnn34)(C1)OC21CCNCC1. The van der Waals surface area contributed by atoms with Gasteiger partial charge in [0.05, 0.1) is 22.8 Å². The summed E-state index contributed by atoms with van der Waals surface area (Å²) in [5.74, 6) is -0.0759. The number of carbonyl (C=O) groups excluding carboxylic acids is 2. The van der Waals surface area contributed by atoms with Gasteiger partial charge in [-0.05, 0) is 44.8 Å². The van der Waals surface area contributed by atoms with Crippen LogP contribution in [0.1, 0.15) is 36.2 Å². The van der Waals surface area contributed by atoms with Crippen LogP contribution < -0.4 is 10.6 Å². The lowest BCUT2D eigenvalue weighted by atomic mass is 9.53. The number of nitrogens with one attached hydrogen (secondary N) is 2. The summed E-state index contributed by atoms with van der Waals surface area (Å²) in [6, 6.07) is 3.40. The molecular weight excluding hydrogens is 372 g/mol. The third-order valence-electron chi connectivity index (χ3n) is 6.85. The van der Waals surface area contributed by atoms with Crippen LogP contribution in [0.3, 0.4) is 0 Å². The zero-order chi connectivity index (χ0) is 20.3. The lowest BCUT2D eigenvalue weighted by molar-refractivity contribution is -0.149. The molecule has 4 aliphatic rings. The summed E-state index contributed by atoms with van der Waals surface area (Å²) < 4.78 is 8.17. The molecule has 2 N–H and O–H groups in total. The number of aromatic nitrogens is 3. The highest BCUT2D eigenvalue weighted by atomic mass is 16.5. The molecule has 4 fully saturated rings. The minimum atomic E-state index is -0.477. The molecule has 2 aromatic heterocycles. The second-order valence-electron chi connectivity index (χ2n) is 8.78. The maximum absolute atomic E-state index is 13.1. The first-order chi connectivity index (χ1) is 13.9. The Balaban J connectivity index is 1.36. The first-order valence-corrected chi connectivity index (χ1v) is 10.1. The van der Waals surface area contributed by atoms with Crippen molar-refractivity contribution in [1.82, 2.24) is 30.1 Å². The van der Waals surface area contributed by atoms with E-state index >= 15 is 0 Å². The van der Waals surface area contributed by atoms with Crippen molar-refractivity contribution >= 4 is 17.5 Å². The van der Waals surface area contributed by atoms with Gasteiger partial charge in [0.15, 0.2) is 5.65 Å². The van der Waals surface area contributed by atoms with Crippen molar-refractivity contribution < 1.29 is 14.3 Å². The van der Waals surface area contributed by atoms with Crippen molar-refractivity contribution in [1.29, 1.82) is 0 Å². The van der Waals surface area contributed by atoms with Crippen molar-refractivity contribution in [2.75, 3.05) is 33.7 Å². The van der Waals surface area contributed by atoms with Crippen molar-refractivity contribution in [3.05, 3.63) is 30.2 Å². The smallest absolute Gasteiger partial charge is 0.270 e. The Morgan fingerprint density at radius 1 is 1.24 bits per heavy atom. The van der Waals surface area contributed by atoms with Crippen LogP contribution in [0.2, 0.25) is 0 Å². The van der Waals surface area contributed by atoms with Gasteiger partial charge in [-0.1, -0.05) is 0 Å². The van der Waals surface area contributed by atoms with Crippen LogP contribution in [0.25, 0.3) is 5.65 Å². The highest BCUT2D eigenvalue weighted by molar-refractivity contribution is 5.93. The normalized spacial score (nSPS) is 29.6. The van der Waals surface area contributed by atoms with E-state index in [9.17, 15) is 9.59 Å². The highest BCUT2D eigenvalue weighted by Crippen LogP contribution is 2.69. The molecule has 9 nitrogen and oxygen atoms in total. The van der Waals surface area contributed by atoms with Gasteiger partial charge >= 0.3 is 0 Å². The standard InChI is InChI=1S/C20H26N6O3/c1-25(2)17(28)19-11-18(12-19,29-20(19)5-9-21-10-6-20)13-23-16(27)14-3-7-22-15-4-8-24-26(14)15/h3-4,7-8,21H,5-6,9-13H2,1-2H3,(H,23,27). The molecule has 5 heterocycles. The molecule has 6 rings (SSSR count). The number of ether oxygens (including phenoxy) is 1. The van der Waals surface area contributed by atoms with E-state index in [2.05, 4.69) is 20.7 Å². The van der Waals surface area contributed by atoms with Crippen LogP contribution >= 0.6 is 0 Å². The van der Waals surface area contributed by atoms with Crippen LogP contribution in [0.5, 0.6) is 0 Å². The molecule has 1 saturated carbocycles. The molecule has 0 unspecified atom stereocenters. The first-order valence-electron chi connectivity index (χ1n) is 10.1. The predicted octanol–water partition coefficient (Wildman–Crippen LogP) is 0.219. The fourth-order valence-electron chi connectivity index (χ4n) is 5.64. The molecule has 3 saturated heterocycles. The quantitative estimate of drug-likeness (QED) is 0.764. The average molecular weight is 398 g/mol. The molecule has 2 aromatic rings. The first kappa shape index (κ1) is 18.5. The summed E-state index contributed by atoms with van der Waals surface area (Å²) in [7, 11) is 3.62. The van der Waals surface area contributed by atoms with Crippen molar-refractivity contribution in [2.45, 2.75) is 36.9 Å². The molecule has 0 radical (unpaired) electrons. The minimum absolute atomic E-state index is 0.145.